The number of amides is 9. The van der Waals surface area contributed by atoms with E-state index in [0.29, 0.717) is 32.2 Å². The molecule has 2 saturated heterocycles. The molecule has 284 valence electrons. The Morgan fingerprint density at radius 2 is 1.00 bits per heavy atom. The first-order valence-corrected chi connectivity index (χ1v) is 16.5. The number of aliphatic carboxylic acids is 1. The molecule has 0 spiro atoms. The van der Waals surface area contributed by atoms with Crippen molar-refractivity contribution in [2.45, 2.75) is 89.6 Å². The van der Waals surface area contributed by atoms with Crippen LogP contribution in [0.25, 0.3) is 0 Å². The molecule has 0 bridgehead atoms. The fourth-order valence-corrected chi connectivity index (χ4v) is 5.36. The van der Waals surface area contributed by atoms with Crippen molar-refractivity contribution < 1.29 is 53.1 Å². The fourth-order valence-electron chi connectivity index (χ4n) is 5.36. The molecule has 2 aliphatic rings. The summed E-state index contributed by atoms with van der Waals surface area (Å²) in [5.41, 5.74) is 5.41. The summed E-state index contributed by atoms with van der Waals surface area (Å²) in [6, 6.07) is -6.00. The normalized spacial score (nSPS) is 19.0. The lowest BCUT2D eigenvalue weighted by atomic mass is 10.2. The molecule has 0 aromatic carbocycles. The lowest BCUT2D eigenvalue weighted by Crippen LogP contribution is -2.55. The van der Waals surface area contributed by atoms with Crippen molar-refractivity contribution >= 4 is 59.1 Å². The third-order valence-corrected chi connectivity index (χ3v) is 8.20. The number of carboxylic acid groups (broad SMARTS) is 1. The Morgan fingerprint density at radius 3 is 1.47 bits per heavy atom. The van der Waals surface area contributed by atoms with Gasteiger partial charge >= 0.3 is 5.97 Å². The van der Waals surface area contributed by atoms with Gasteiger partial charge < -0.3 is 57.9 Å². The van der Waals surface area contributed by atoms with Gasteiger partial charge in [-0.2, -0.15) is 0 Å². The molecule has 21 heteroatoms. The minimum atomic E-state index is -1.26. The van der Waals surface area contributed by atoms with E-state index >= 15 is 0 Å². The molecular weight excluding hydrogens is 676 g/mol. The standard InChI is InChI=1S/C30H48N10O11/c1-15(27(48)34-14-24(44)45)36-28(49)18(4)35-21(41)12-32-25(46)16(2)37-30(51)20-8-6-10-40(20)23(43)13-33-26(47)17(3)38-29(50)19-7-5-9-39(19)22(42)11-31/h15-20H,5-14,31H2,1-4H3,(H,32,46)(H,33,47)(H,34,48)(H,35,41)(H,36,49)(H,37,51)(H,38,50)(H,44,45)/t15-,16-,17-,18-,19-,20-/m0/s1. The zero-order chi connectivity index (χ0) is 38.4. The van der Waals surface area contributed by atoms with Crippen molar-refractivity contribution in [3.05, 3.63) is 0 Å². The maximum Gasteiger partial charge on any atom is 0.322 e. The number of carboxylic acids is 1. The van der Waals surface area contributed by atoms with Gasteiger partial charge in [0.1, 0.15) is 42.8 Å². The Bertz CT molecular complexity index is 1380. The molecule has 2 heterocycles. The highest BCUT2D eigenvalue weighted by Crippen LogP contribution is 2.18. The number of likely N-dealkylation sites (tertiary alicyclic amines) is 2. The van der Waals surface area contributed by atoms with Crippen LogP contribution < -0.4 is 43.0 Å². The average Bonchev–Trinajstić information content (AvgIpc) is 3.78. The SMILES string of the molecule is C[C@H](NC(=O)CNC(=O)[C@H](C)NC(=O)[C@@H]1CCCN1C(=O)CNC(=O)[C@H](C)NC(=O)[C@@H]1CCCN1C(=O)CN)C(=O)N[C@@H](C)C(=O)NCC(=O)O. The Kier molecular flexibility index (Phi) is 16.2. The van der Waals surface area contributed by atoms with Gasteiger partial charge in [0.25, 0.3) is 0 Å². The second-order valence-electron chi connectivity index (χ2n) is 12.2. The summed E-state index contributed by atoms with van der Waals surface area (Å²) in [5, 5.41) is 25.2. The van der Waals surface area contributed by atoms with Gasteiger partial charge in [0.2, 0.25) is 53.2 Å². The lowest BCUT2D eigenvalue weighted by Gasteiger charge is -2.26. The molecule has 9 amide bonds. The molecule has 0 aromatic rings. The van der Waals surface area contributed by atoms with Crippen molar-refractivity contribution in [2.75, 3.05) is 39.3 Å². The zero-order valence-electron chi connectivity index (χ0n) is 29.0. The van der Waals surface area contributed by atoms with Gasteiger partial charge in [0.05, 0.1) is 19.6 Å². The monoisotopic (exact) mass is 724 g/mol. The minimum Gasteiger partial charge on any atom is -0.480 e. The van der Waals surface area contributed by atoms with E-state index in [9.17, 15) is 47.9 Å². The molecule has 0 aliphatic carbocycles. The molecular formula is C30H48N10O11. The van der Waals surface area contributed by atoms with Crippen LogP contribution in [0, 0.1) is 0 Å². The van der Waals surface area contributed by atoms with Gasteiger partial charge in [0, 0.05) is 13.1 Å². The molecule has 2 rings (SSSR count). The van der Waals surface area contributed by atoms with E-state index < -0.39 is 109 Å². The molecule has 21 nitrogen and oxygen atoms in total. The molecule has 2 fully saturated rings. The summed E-state index contributed by atoms with van der Waals surface area (Å²) < 4.78 is 0. The first-order chi connectivity index (χ1) is 24.0. The van der Waals surface area contributed by atoms with Crippen LogP contribution >= 0.6 is 0 Å². The van der Waals surface area contributed by atoms with Gasteiger partial charge in [0.15, 0.2) is 0 Å². The molecule has 0 aromatic heterocycles. The van der Waals surface area contributed by atoms with Crippen LogP contribution in [-0.2, 0) is 47.9 Å². The smallest absolute Gasteiger partial charge is 0.322 e. The van der Waals surface area contributed by atoms with Crippen LogP contribution in [0.5, 0.6) is 0 Å². The number of hydrogen-bond donors (Lipinski definition) is 9. The van der Waals surface area contributed by atoms with Crippen LogP contribution in [0.2, 0.25) is 0 Å². The Morgan fingerprint density at radius 1 is 0.588 bits per heavy atom. The zero-order valence-corrected chi connectivity index (χ0v) is 29.0. The number of carbonyl (C=O) groups is 10. The molecule has 0 saturated carbocycles. The first-order valence-electron chi connectivity index (χ1n) is 16.5. The van der Waals surface area contributed by atoms with Crippen molar-refractivity contribution in [3.8, 4) is 0 Å². The summed E-state index contributed by atoms with van der Waals surface area (Å²) in [5.74, 6) is -6.94. The first kappa shape index (κ1) is 41.8. The molecule has 10 N–H and O–H groups in total. The number of nitrogens with two attached hydrogens (primary N) is 1. The third kappa shape index (κ3) is 12.8. The van der Waals surface area contributed by atoms with Gasteiger partial charge in [-0.05, 0) is 53.4 Å². The van der Waals surface area contributed by atoms with E-state index in [1.807, 2.05) is 0 Å². The third-order valence-electron chi connectivity index (χ3n) is 8.20. The molecule has 0 unspecified atom stereocenters. The Hall–Kier alpha value is -5.34. The molecule has 2 aliphatic heterocycles. The number of carbonyl (C=O) groups excluding carboxylic acids is 9. The fraction of sp³-hybridized carbons (Fsp3) is 0.667. The van der Waals surface area contributed by atoms with Crippen LogP contribution in [-0.4, -0.2) is 150 Å². The summed E-state index contributed by atoms with van der Waals surface area (Å²) in [6.07, 6.45) is 1.84. The maximum atomic E-state index is 13.0. The van der Waals surface area contributed by atoms with Crippen molar-refractivity contribution in [1.82, 2.24) is 47.0 Å². The second-order valence-corrected chi connectivity index (χ2v) is 12.2. The van der Waals surface area contributed by atoms with E-state index in [1.165, 1.54) is 37.5 Å². The highest BCUT2D eigenvalue weighted by atomic mass is 16.4. The highest BCUT2D eigenvalue weighted by molar-refractivity contribution is 5.97. The largest absolute Gasteiger partial charge is 0.480 e. The molecule has 51 heavy (non-hydrogen) atoms. The van der Waals surface area contributed by atoms with Crippen molar-refractivity contribution in [3.63, 3.8) is 0 Å². The van der Waals surface area contributed by atoms with Crippen LogP contribution in [0.4, 0.5) is 0 Å². The highest BCUT2D eigenvalue weighted by Gasteiger charge is 2.37. The van der Waals surface area contributed by atoms with Crippen LogP contribution in [0.15, 0.2) is 0 Å². The Labute approximate surface area is 293 Å². The number of rotatable bonds is 17. The van der Waals surface area contributed by atoms with Crippen LogP contribution in [0.3, 0.4) is 0 Å². The quantitative estimate of drug-likeness (QED) is 0.0678. The summed E-state index contributed by atoms with van der Waals surface area (Å²) in [6.45, 7) is 4.18. The van der Waals surface area contributed by atoms with E-state index in [0.717, 1.165) is 0 Å². The summed E-state index contributed by atoms with van der Waals surface area (Å²) >= 11 is 0. The molecule has 0 radical (unpaired) electrons. The topological polar surface area (TPSA) is 308 Å². The Balaban J connectivity index is 1.77. The van der Waals surface area contributed by atoms with E-state index in [4.69, 9.17) is 10.8 Å². The number of nitrogens with zero attached hydrogens (tertiary/aromatic N) is 2. The van der Waals surface area contributed by atoms with E-state index in [-0.39, 0.29) is 19.0 Å². The molecule has 6 atom stereocenters. The van der Waals surface area contributed by atoms with E-state index in [2.05, 4.69) is 37.2 Å². The lowest BCUT2D eigenvalue weighted by molar-refractivity contribution is -0.140. The van der Waals surface area contributed by atoms with Crippen molar-refractivity contribution in [1.29, 1.82) is 0 Å². The average molecular weight is 725 g/mol. The predicted octanol–water partition coefficient (Wildman–Crippen LogP) is -5.62. The van der Waals surface area contributed by atoms with Gasteiger partial charge in [-0.15, -0.1) is 0 Å². The minimum absolute atomic E-state index is 0.226. The number of nitrogens with one attached hydrogen (secondary N) is 7. The van der Waals surface area contributed by atoms with Crippen LogP contribution in [0.1, 0.15) is 53.4 Å². The predicted molar refractivity (Wildman–Crippen MR) is 176 cm³/mol. The number of hydrogen-bond acceptors (Lipinski definition) is 11. The van der Waals surface area contributed by atoms with E-state index in [1.54, 1.807) is 0 Å². The van der Waals surface area contributed by atoms with Gasteiger partial charge in [-0.3, -0.25) is 47.9 Å². The summed E-state index contributed by atoms with van der Waals surface area (Å²) in [7, 11) is 0. The van der Waals surface area contributed by atoms with Gasteiger partial charge in [-0.1, -0.05) is 0 Å². The van der Waals surface area contributed by atoms with Gasteiger partial charge in [-0.25, -0.2) is 0 Å². The maximum absolute atomic E-state index is 13.0. The second kappa shape index (κ2) is 19.7. The summed E-state index contributed by atoms with van der Waals surface area (Å²) in [4.78, 5) is 125. The van der Waals surface area contributed by atoms with Crippen molar-refractivity contribution in [2.24, 2.45) is 5.73 Å².